The predicted molar refractivity (Wildman–Crippen MR) is 68.2 cm³/mol. The third-order valence-corrected chi connectivity index (χ3v) is 3.37. The molecule has 2 rings (SSSR count). The van der Waals surface area contributed by atoms with E-state index in [1.807, 2.05) is 6.07 Å². The van der Waals surface area contributed by atoms with E-state index in [9.17, 15) is 4.79 Å². The third kappa shape index (κ3) is 2.64. The number of carbonyl (C=O) groups excluding carboxylic acids is 1. The van der Waals surface area contributed by atoms with Crippen molar-refractivity contribution in [3.05, 3.63) is 32.8 Å². The van der Waals surface area contributed by atoms with Crippen LogP contribution in [0.3, 0.4) is 0 Å². The molecule has 5 heteroatoms. The lowest BCUT2D eigenvalue weighted by atomic mass is 9.97. The van der Waals surface area contributed by atoms with Crippen molar-refractivity contribution in [1.82, 2.24) is 0 Å². The second-order valence-corrected chi connectivity index (χ2v) is 5.04. The molecule has 0 amide bonds. The van der Waals surface area contributed by atoms with Crippen LogP contribution >= 0.6 is 27.5 Å². The van der Waals surface area contributed by atoms with Crippen LogP contribution < -0.4 is 0 Å². The average molecular weight is 320 g/mol. The van der Waals surface area contributed by atoms with Crippen LogP contribution in [0.15, 0.2) is 16.6 Å². The lowest BCUT2D eigenvalue weighted by Gasteiger charge is -2.25. The summed E-state index contributed by atoms with van der Waals surface area (Å²) in [4.78, 5) is 11.8. The number of rotatable bonds is 2. The maximum atomic E-state index is 11.8. The summed E-state index contributed by atoms with van der Waals surface area (Å²) in [6, 6.07) is 3.73. The summed E-state index contributed by atoms with van der Waals surface area (Å²) in [5.41, 5.74) is 1.77. The number of fused-ring (bicyclic) bond motifs is 1. The molecule has 0 saturated heterocycles. The van der Waals surface area contributed by atoms with E-state index >= 15 is 0 Å². The summed E-state index contributed by atoms with van der Waals surface area (Å²) in [6.07, 6.45) is 0.0593. The molecule has 0 bridgehead atoms. The van der Waals surface area contributed by atoms with Gasteiger partial charge in [0.25, 0.3) is 0 Å². The van der Waals surface area contributed by atoms with Gasteiger partial charge in [-0.15, -0.1) is 0 Å². The summed E-state index contributed by atoms with van der Waals surface area (Å²) >= 11 is 9.56. The summed E-state index contributed by atoms with van der Waals surface area (Å²) in [5.74, 6) is -0.377. The molecule has 92 valence electrons. The molecular weight excluding hydrogens is 307 g/mol. The van der Waals surface area contributed by atoms with Gasteiger partial charge < -0.3 is 9.47 Å². The van der Waals surface area contributed by atoms with Crippen LogP contribution in [0.4, 0.5) is 0 Å². The van der Waals surface area contributed by atoms with Crippen molar-refractivity contribution < 1.29 is 14.3 Å². The number of benzene rings is 1. The number of ether oxygens (including phenoxy) is 2. The van der Waals surface area contributed by atoms with Gasteiger partial charge in [-0.3, -0.25) is 0 Å². The fourth-order valence-electron chi connectivity index (χ4n) is 1.91. The largest absolute Gasteiger partial charge is 0.464 e. The molecule has 1 aliphatic rings. The highest BCUT2D eigenvalue weighted by atomic mass is 79.9. The van der Waals surface area contributed by atoms with Crippen LogP contribution in [0.25, 0.3) is 0 Å². The molecule has 0 saturated carbocycles. The first-order valence-corrected chi connectivity index (χ1v) is 6.56. The fraction of sp³-hybridized carbons (Fsp3) is 0.417. The molecule has 1 atom stereocenters. The highest BCUT2D eigenvalue weighted by Gasteiger charge is 2.31. The van der Waals surface area contributed by atoms with Gasteiger partial charge >= 0.3 is 5.97 Å². The molecule has 0 aliphatic carbocycles. The molecule has 3 nitrogen and oxygen atoms in total. The minimum atomic E-state index is -0.695. The van der Waals surface area contributed by atoms with Gasteiger partial charge in [0.1, 0.15) is 0 Å². The maximum absolute atomic E-state index is 11.8. The Morgan fingerprint density at radius 2 is 2.41 bits per heavy atom. The Labute approximate surface area is 113 Å². The second-order valence-electron chi connectivity index (χ2n) is 3.71. The van der Waals surface area contributed by atoms with E-state index in [0.29, 0.717) is 18.2 Å². The highest BCUT2D eigenvalue weighted by molar-refractivity contribution is 9.10. The van der Waals surface area contributed by atoms with Crippen molar-refractivity contribution in [1.29, 1.82) is 0 Å². The quantitative estimate of drug-likeness (QED) is 0.785. The van der Waals surface area contributed by atoms with E-state index < -0.39 is 6.10 Å². The van der Waals surface area contributed by atoms with Gasteiger partial charge in [0, 0.05) is 15.1 Å². The number of esters is 1. The number of carbonyl (C=O) groups is 1. The lowest BCUT2D eigenvalue weighted by molar-refractivity contribution is -0.158. The zero-order chi connectivity index (χ0) is 12.4. The van der Waals surface area contributed by atoms with Crippen molar-refractivity contribution in [3.63, 3.8) is 0 Å². The van der Waals surface area contributed by atoms with Crippen LogP contribution in [0.5, 0.6) is 0 Å². The van der Waals surface area contributed by atoms with Crippen molar-refractivity contribution in [2.45, 2.75) is 19.4 Å². The Balaban J connectivity index is 2.40. The van der Waals surface area contributed by atoms with Crippen LogP contribution in [0.2, 0.25) is 5.02 Å². The molecule has 1 aromatic rings. The zero-order valence-corrected chi connectivity index (χ0v) is 11.7. The van der Waals surface area contributed by atoms with Gasteiger partial charge in [-0.05, 0) is 31.0 Å². The van der Waals surface area contributed by atoms with Crippen LogP contribution in [0.1, 0.15) is 24.2 Å². The molecule has 0 spiro atoms. The first-order valence-electron chi connectivity index (χ1n) is 5.39. The molecule has 1 unspecified atom stereocenters. The Bertz CT molecular complexity index is 448. The summed E-state index contributed by atoms with van der Waals surface area (Å²) in [6.45, 7) is 2.61. The molecule has 0 N–H and O–H groups in total. The van der Waals surface area contributed by atoms with E-state index in [1.165, 1.54) is 0 Å². The molecule has 1 heterocycles. The van der Waals surface area contributed by atoms with E-state index in [0.717, 1.165) is 22.0 Å². The molecule has 1 aliphatic heterocycles. The zero-order valence-electron chi connectivity index (χ0n) is 9.33. The smallest absolute Gasteiger partial charge is 0.339 e. The molecule has 0 aromatic heterocycles. The minimum Gasteiger partial charge on any atom is -0.464 e. The van der Waals surface area contributed by atoms with Crippen molar-refractivity contribution in [2.75, 3.05) is 13.2 Å². The van der Waals surface area contributed by atoms with Gasteiger partial charge in [-0.25, -0.2) is 4.79 Å². The third-order valence-electron chi connectivity index (χ3n) is 2.60. The molecule has 0 fully saturated rings. The van der Waals surface area contributed by atoms with Crippen LogP contribution in [-0.2, 0) is 20.7 Å². The van der Waals surface area contributed by atoms with E-state index in [-0.39, 0.29) is 5.97 Å². The Hall–Kier alpha value is -0.580. The summed E-state index contributed by atoms with van der Waals surface area (Å²) < 4.78 is 11.4. The van der Waals surface area contributed by atoms with Crippen molar-refractivity contribution in [2.24, 2.45) is 0 Å². The predicted octanol–water partition coefficient (Wildman–Crippen LogP) is 3.28. The number of hydrogen-bond acceptors (Lipinski definition) is 3. The second kappa shape index (κ2) is 5.38. The van der Waals surface area contributed by atoms with Crippen molar-refractivity contribution in [3.8, 4) is 0 Å². The van der Waals surface area contributed by atoms with Gasteiger partial charge in [-0.2, -0.15) is 0 Å². The monoisotopic (exact) mass is 318 g/mol. The highest BCUT2D eigenvalue weighted by Crippen LogP contribution is 2.36. The number of halogens is 2. The lowest BCUT2D eigenvalue weighted by Crippen LogP contribution is -2.25. The van der Waals surface area contributed by atoms with E-state index in [4.69, 9.17) is 21.1 Å². The van der Waals surface area contributed by atoms with E-state index in [2.05, 4.69) is 15.9 Å². The minimum absolute atomic E-state index is 0.335. The first-order chi connectivity index (χ1) is 8.13. The SMILES string of the molecule is CCOC(=O)C1OCCc2cc(Br)cc(Cl)c21. The van der Waals surface area contributed by atoms with Gasteiger partial charge in [0.2, 0.25) is 0 Å². The Kier molecular flexibility index (Phi) is 4.07. The molecule has 1 aromatic carbocycles. The Morgan fingerprint density at radius 1 is 1.65 bits per heavy atom. The topological polar surface area (TPSA) is 35.5 Å². The van der Waals surface area contributed by atoms with Gasteiger partial charge in [0.15, 0.2) is 6.10 Å². The van der Waals surface area contributed by atoms with Gasteiger partial charge in [0.05, 0.1) is 13.2 Å². The first kappa shape index (κ1) is 12.9. The summed E-state index contributed by atoms with van der Waals surface area (Å²) in [7, 11) is 0. The molecule has 17 heavy (non-hydrogen) atoms. The normalized spacial score (nSPS) is 18.6. The average Bonchev–Trinajstić information content (AvgIpc) is 2.28. The van der Waals surface area contributed by atoms with Crippen LogP contribution in [0, 0.1) is 0 Å². The fourth-order valence-corrected chi connectivity index (χ4v) is 2.89. The maximum Gasteiger partial charge on any atom is 0.339 e. The van der Waals surface area contributed by atoms with Gasteiger partial charge in [-0.1, -0.05) is 27.5 Å². The molecule has 0 radical (unpaired) electrons. The molecular formula is C12H12BrClO3. The van der Waals surface area contributed by atoms with E-state index in [1.54, 1.807) is 13.0 Å². The Morgan fingerprint density at radius 3 is 3.12 bits per heavy atom. The van der Waals surface area contributed by atoms with Crippen molar-refractivity contribution >= 4 is 33.5 Å². The van der Waals surface area contributed by atoms with Crippen LogP contribution in [-0.4, -0.2) is 19.2 Å². The summed E-state index contributed by atoms with van der Waals surface area (Å²) in [5, 5.41) is 0.534. The standard InChI is InChI=1S/C12H12BrClO3/c1-2-16-12(15)11-10-7(3-4-17-11)5-8(13)6-9(10)14/h5-6,11H,2-4H2,1H3. The number of hydrogen-bond donors (Lipinski definition) is 0.